The molecule has 1 aliphatic heterocycles. The van der Waals surface area contributed by atoms with Crippen LogP contribution < -0.4 is 14.8 Å². The first-order valence-electron chi connectivity index (χ1n) is 9.57. The van der Waals surface area contributed by atoms with Crippen LogP contribution >= 0.6 is 0 Å². The third-order valence-electron chi connectivity index (χ3n) is 4.46. The molecule has 162 valence electrons. The van der Waals surface area contributed by atoms with Gasteiger partial charge in [0, 0.05) is 6.42 Å². The summed E-state index contributed by atoms with van der Waals surface area (Å²) < 4.78 is 52.2. The van der Waals surface area contributed by atoms with Crippen LogP contribution in [0.4, 0.5) is 13.2 Å². The molecule has 3 rings (SSSR count). The van der Waals surface area contributed by atoms with Crippen LogP contribution in [-0.2, 0) is 16.0 Å². The van der Waals surface area contributed by atoms with E-state index in [-0.39, 0.29) is 24.2 Å². The van der Waals surface area contributed by atoms with Gasteiger partial charge in [0.1, 0.15) is 17.6 Å². The van der Waals surface area contributed by atoms with E-state index in [0.717, 1.165) is 17.7 Å². The van der Waals surface area contributed by atoms with Gasteiger partial charge in [0.25, 0.3) is 0 Å². The summed E-state index contributed by atoms with van der Waals surface area (Å²) in [5.41, 5.74) is 1.35. The molecule has 1 aromatic carbocycles. The smallest absolute Gasteiger partial charge is 0.422 e. The lowest BCUT2D eigenvalue weighted by atomic mass is 10.1. The zero-order chi connectivity index (χ0) is 21.6. The van der Waals surface area contributed by atoms with Crippen molar-refractivity contribution in [2.75, 3.05) is 19.8 Å². The van der Waals surface area contributed by atoms with Crippen LogP contribution in [0.1, 0.15) is 30.6 Å². The number of carbonyl (C=O) groups is 1. The molecular weight excluding hydrogens is 401 g/mol. The molecule has 1 saturated heterocycles. The Labute approximate surface area is 172 Å². The Hall–Kier alpha value is -2.81. The van der Waals surface area contributed by atoms with E-state index in [1.165, 1.54) is 18.3 Å². The Morgan fingerprint density at radius 2 is 1.97 bits per heavy atom. The van der Waals surface area contributed by atoms with Gasteiger partial charge in [-0.2, -0.15) is 13.2 Å². The van der Waals surface area contributed by atoms with Gasteiger partial charge in [-0.05, 0) is 36.8 Å². The van der Waals surface area contributed by atoms with E-state index in [1.54, 1.807) is 6.92 Å². The number of benzene rings is 1. The molecule has 30 heavy (non-hydrogen) atoms. The molecule has 1 amide bonds. The molecule has 2 heterocycles. The van der Waals surface area contributed by atoms with Gasteiger partial charge in [-0.3, -0.25) is 9.78 Å². The van der Waals surface area contributed by atoms with E-state index in [0.29, 0.717) is 18.9 Å². The van der Waals surface area contributed by atoms with E-state index in [4.69, 9.17) is 9.47 Å². The normalized spacial score (nSPS) is 17.4. The Kier molecular flexibility index (Phi) is 7.15. The predicted molar refractivity (Wildman–Crippen MR) is 102 cm³/mol. The highest BCUT2D eigenvalue weighted by Gasteiger charge is 2.28. The zero-order valence-electron chi connectivity index (χ0n) is 16.4. The molecule has 1 unspecified atom stereocenters. The fourth-order valence-corrected chi connectivity index (χ4v) is 2.93. The molecule has 2 aromatic rings. The van der Waals surface area contributed by atoms with Crippen LogP contribution in [0.5, 0.6) is 11.5 Å². The maximum atomic E-state index is 12.3. The van der Waals surface area contributed by atoms with Gasteiger partial charge in [0.15, 0.2) is 6.61 Å². The summed E-state index contributed by atoms with van der Waals surface area (Å²) in [7, 11) is 0. The maximum Gasteiger partial charge on any atom is 0.422 e. The van der Waals surface area contributed by atoms with Crippen molar-refractivity contribution in [2.45, 2.75) is 38.1 Å². The number of amides is 1. The second-order valence-electron chi connectivity index (χ2n) is 7.04. The van der Waals surface area contributed by atoms with Crippen LogP contribution in [0.3, 0.4) is 0 Å². The summed E-state index contributed by atoms with van der Waals surface area (Å²) in [4.78, 5) is 16.4. The number of nitrogens with one attached hydrogen (secondary N) is 1. The molecule has 9 heteroatoms. The molecular formula is C21H23F3N2O4. The number of nitrogens with zero attached hydrogens (tertiary/aromatic N) is 1. The fourth-order valence-electron chi connectivity index (χ4n) is 2.93. The number of alkyl halides is 3. The van der Waals surface area contributed by atoms with Crippen LogP contribution in [0, 0.1) is 0 Å². The maximum absolute atomic E-state index is 12.3. The van der Waals surface area contributed by atoms with E-state index in [9.17, 15) is 18.0 Å². The lowest BCUT2D eigenvalue weighted by Gasteiger charge is -2.15. The largest absolute Gasteiger partial charge is 0.488 e. The molecule has 0 bridgehead atoms. The standard InChI is InChI=1S/C21H23F3N2O4/c1-14(19-7-6-17(11-25-19)29-13-21(22,23)24)26-20(27)10-15-2-4-16(5-3-15)30-18-8-9-28-12-18/h2-7,11,14,18H,8-10,12-13H2,1H3,(H,26,27)/t14-,18?/m1/s1. The number of rotatable bonds is 8. The number of aromatic nitrogens is 1. The highest BCUT2D eigenvalue weighted by molar-refractivity contribution is 5.79. The minimum atomic E-state index is -4.41. The summed E-state index contributed by atoms with van der Waals surface area (Å²) in [6, 6.07) is 9.83. The van der Waals surface area contributed by atoms with Crippen molar-refractivity contribution in [2.24, 2.45) is 0 Å². The van der Waals surface area contributed by atoms with Gasteiger partial charge in [-0.15, -0.1) is 0 Å². The first-order chi connectivity index (χ1) is 14.3. The fraction of sp³-hybridized carbons (Fsp3) is 0.429. The first kappa shape index (κ1) is 21.9. The number of hydrogen-bond donors (Lipinski definition) is 1. The van der Waals surface area contributed by atoms with Crippen LogP contribution in [0.15, 0.2) is 42.6 Å². The Morgan fingerprint density at radius 1 is 1.23 bits per heavy atom. The monoisotopic (exact) mass is 424 g/mol. The Bertz CT molecular complexity index is 820. The van der Waals surface area contributed by atoms with Crippen molar-refractivity contribution < 1.29 is 32.2 Å². The third-order valence-corrected chi connectivity index (χ3v) is 4.46. The Balaban J connectivity index is 1.46. The summed E-state index contributed by atoms with van der Waals surface area (Å²) in [6.45, 7) is 1.67. The van der Waals surface area contributed by atoms with E-state index < -0.39 is 18.8 Å². The van der Waals surface area contributed by atoms with E-state index in [1.807, 2.05) is 24.3 Å². The van der Waals surface area contributed by atoms with Gasteiger partial charge in [-0.1, -0.05) is 12.1 Å². The van der Waals surface area contributed by atoms with Crippen LogP contribution in [-0.4, -0.2) is 43.0 Å². The summed E-state index contributed by atoms with van der Waals surface area (Å²) >= 11 is 0. The lowest BCUT2D eigenvalue weighted by Crippen LogP contribution is -2.28. The van der Waals surface area contributed by atoms with Gasteiger partial charge >= 0.3 is 6.18 Å². The third kappa shape index (κ3) is 6.91. The van der Waals surface area contributed by atoms with Crippen molar-refractivity contribution >= 4 is 5.91 Å². The molecule has 0 saturated carbocycles. The summed E-state index contributed by atoms with van der Waals surface area (Å²) in [6.07, 6.45) is -2.08. The molecule has 6 nitrogen and oxygen atoms in total. The molecule has 1 aliphatic rings. The average molecular weight is 424 g/mol. The summed E-state index contributed by atoms with van der Waals surface area (Å²) in [5, 5.41) is 2.82. The van der Waals surface area contributed by atoms with E-state index in [2.05, 4.69) is 15.0 Å². The number of halogens is 3. The van der Waals surface area contributed by atoms with Crippen molar-refractivity contribution in [3.63, 3.8) is 0 Å². The van der Waals surface area contributed by atoms with Crippen LogP contribution in [0.25, 0.3) is 0 Å². The summed E-state index contributed by atoms with van der Waals surface area (Å²) in [5.74, 6) is 0.556. The molecule has 1 aromatic heterocycles. The van der Waals surface area contributed by atoms with Gasteiger partial charge in [0.2, 0.25) is 5.91 Å². The Morgan fingerprint density at radius 3 is 2.57 bits per heavy atom. The van der Waals surface area contributed by atoms with Crippen molar-refractivity contribution in [3.05, 3.63) is 53.9 Å². The van der Waals surface area contributed by atoms with Gasteiger partial charge in [0.05, 0.1) is 37.6 Å². The van der Waals surface area contributed by atoms with Crippen LogP contribution in [0.2, 0.25) is 0 Å². The second kappa shape index (κ2) is 9.80. The number of carbonyl (C=O) groups excluding carboxylic acids is 1. The van der Waals surface area contributed by atoms with Crippen molar-refractivity contribution in [3.8, 4) is 11.5 Å². The second-order valence-corrected chi connectivity index (χ2v) is 7.04. The highest BCUT2D eigenvalue weighted by Crippen LogP contribution is 2.20. The molecule has 1 N–H and O–H groups in total. The predicted octanol–water partition coefficient (Wildman–Crippen LogP) is 3.61. The molecule has 0 radical (unpaired) electrons. The molecule has 0 aliphatic carbocycles. The zero-order valence-corrected chi connectivity index (χ0v) is 16.4. The number of hydrogen-bond acceptors (Lipinski definition) is 5. The topological polar surface area (TPSA) is 69.7 Å². The quantitative estimate of drug-likeness (QED) is 0.701. The van der Waals surface area contributed by atoms with Gasteiger partial charge < -0.3 is 19.5 Å². The number of pyridine rings is 1. The van der Waals surface area contributed by atoms with E-state index >= 15 is 0 Å². The lowest BCUT2D eigenvalue weighted by molar-refractivity contribution is -0.153. The van der Waals surface area contributed by atoms with Gasteiger partial charge in [-0.25, -0.2) is 0 Å². The molecule has 1 fully saturated rings. The SMILES string of the molecule is C[C@@H](NC(=O)Cc1ccc(OC2CCOC2)cc1)c1ccc(OCC(F)(F)F)cn1. The molecule has 2 atom stereocenters. The molecule has 0 spiro atoms. The minimum absolute atomic E-state index is 0.0149. The average Bonchev–Trinajstić information content (AvgIpc) is 3.21. The number of ether oxygens (including phenoxy) is 3. The first-order valence-corrected chi connectivity index (χ1v) is 9.57. The van der Waals surface area contributed by atoms with Crippen molar-refractivity contribution in [1.29, 1.82) is 0 Å². The highest BCUT2D eigenvalue weighted by atomic mass is 19.4. The van der Waals surface area contributed by atoms with Crippen molar-refractivity contribution in [1.82, 2.24) is 10.3 Å². The minimum Gasteiger partial charge on any atom is -0.488 e.